The number of nitrogens with zero attached hydrogens (tertiary/aromatic N) is 2. The number of rotatable bonds is 6. The molecule has 1 amide bonds. The molecule has 1 aliphatic heterocycles. The summed E-state index contributed by atoms with van der Waals surface area (Å²) in [5.74, 6) is 1.62. The van der Waals surface area contributed by atoms with Gasteiger partial charge in [0, 0.05) is 20.1 Å². The highest BCUT2D eigenvalue weighted by Gasteiger charge is 2.15. The Balaban J connectivity index is 1.53. The normalized spacial score (nSPS) is 12.9. The van der Waals surface area contributed by atoms with Crippen molar-refractivity contribution in [3.63, 3.8) is 0 Å². The summed E-state index contributed by atoms with van der Waals surface area (Å²) in [6.45, 7) is 2.84. The van der Waals surface area contributed by atoms with Crippen LogP contribution in [0.25, 0.3) is 0 Å². The van der Waals surface area contributed by atoms with E-state index in [1.54, 1.807) is 4.90 Å². The maximum Gasteiger partial charge on any atom is 0.236 e. The number of carbonyl (C=O) groups is 1. The van der Waals surface area contributed by atoms with Gasteiger partial charge in [0.05, 0.1) is 6.54 Å². The number of amides is 1. The lowest BCUT2D eigenvalue weighted by atomic mass is 10.2. The molecular weight excluding hydrogens is 316 g/mol. The quantitative estimate of drug-likeness (QED) is 0.810. The summed E-state index contributed by atoms with van der Waals surface area (Å²) in [6, 6.07) is 16.0. The van der Waals surface area contributed by atoms with Crippen molar-refractivity contribution in [1.29, 1.82) is 0 Å². The molecule has 0 saturated heterocycles. The minimum Gasteiger partial charge on any atom is -0.486 e. The molecule has 0 N–H and O–H groups in total. The zero-order chi connectivity index (χ0) is 17.6. The van der Waals surface area contributed by atoms with Crippen LogP contribution in [-0.4, -0.2) is 49.6 Å². The van der Waals surface area contributed by atoms with Crippen LogP contribution in [0, 0.1) is 0 Å². The predicted octanol–water partition coefficient (Wildman–Crippen LogP) is 2.55. The lowest BCUT2D eigenvalue weighted by Gasteiger charge is -2.23. The van der Waals surface area contributed by atoms with Crippen LogP contribution < -0.4 is 9.47 Å². The third kappa shape index (κ3) is 4.73. The van der Waals surface area contributed by atoms with Crippen LogP contribution in [0.2, 0.25) is 0 Å². The van der Waals surface area contributed by atoms with Crippen molar-refractivity contribution in [2.24, 2.45) is 0 Å². The molecule has 0 saturated carbocycles. The highest BCUT2D eigenvalue weighted by atomic mass is 16.6. The van der Waals surface area contributed by atoms with E-state index in [9.17, 15) is 4.79 Å². The van der Waals surface area contributed by atoms with E-state index in [0.717, 1.165) is 23.6 Å². The van der Waals surface area contributed by atoms with Gasteiger partial charge in [0.25, 0.3) is 0 Å². The molecule has 132 valence electrons. The summed E-state index contributed by atoms with van der Waals surface area (Å²) in [7, 11) is 3.79. The first-order valence-electron chi connectivity index (χ1n) is 8.47. The van der Waals surface area contributed by atoms with Crippen molar-refractivity contribution in [2.75, 3.05) is 33.9 Å². The van der Waals surface area contributed by atoms with Gasteiger partial charge in [-0.05, 0) is 30.3 Å². The van der Waals surface area contributed by atoms with Gasteiger partial charge >= 0.3 is 0 Å². The van der Waals surface area contributed by atoms with E-state index in [1.165, 1.54) is 5.56 Å². The van der Waals surface area contributed by atoms with E-state index >= 15 is 0 Å². The van der Waals surface area contributed by atoms with Crippen LogP contribution in [0.1, 0.15) is 11.1 Å². The standard InChI is InChI=1S/C20H24N2O3/c1-21(13-16-6-4-3-5-7-16)15-20(23)22(2)14-17-8-9-18-19(12-17)25-11-10-24-18/h3-9,12H,10-11,13-15H2,1-2H3. The molecule has 2 aromatic rings. The Hall–Kier alpha value is -2.53. The van der Waals surface area contributed by atoms with Crippen molar-refractivity contribution in [1.82, 2.24) is 9.80 Å². The predicted molar refractivity (Wildman–Crippen MR) is 96.7 cm³/mol. The van der Waals surface area contributed by atoms with E-state index in [1.807, 2.05) is 55.4 Å². The van der Waals surface area contributed by atoms with Gasteiger partial charge in [-0.2, -0.15) is 0 Å². The zero-order valence-corrected chi connectivity index (χ0v) is 14.8. The maximum absolute atomic E-state index is 12.5. The van der Waals surface area contributed by atoms with Crippen LogP contribution >= 0.6 is 0 Å². The summed E-state index contributed by atoms with van der Waals surface area (Å²) in [5.41, 5.74) is 2.23. The minimum absolute atomic E-state index is 0.0910. The van der Waals surface area contributed by atoms with Crippen LogP contribution in [0.5, 0.6) is 11.5 Å². The fraction of sp³-hybridized carbons (Fsp3) is 0.350. The average molecular weight is 340 g/mol. The SMILES string of the molecule is CN(CC(=O)N(C)Cc1ccc2c(c1)OCCO2)Cc1ccccc1. The second-order valence-electron chi connectivity index (χ2n) is 6.39. The molecule has 5 heteroatoms. The second kappa shape index (κ2) is 8.03. The van der Waals surface area contributed by atoms with Gasteiger partial charge in [0.2, 0.25) is 5.91 Å². The Morgan fingerprint density at radius 2 is 1.64 bits per heavy atom. The van der Waals surface area contributed by atoms with Gasteiger partial charge in [0.15, 0.2) is 11.5 Å². The molecule has 25 heavy (non-hydrogen) atoms. The summed E-state index contributed by atoms with van der Waals surface area (Å²) < 4.78 is 11.1. The number of benzene rings is 2. The molecule has 0 spiro atoms. The summed E-state index contributed by atoms with van der Waals surface area (Å²) in [6.07, 6.45) is 0. The van der Waals surface area contributed by atoms with E-state index < -0.39 is 0 Å². The minimum atomic E-state index is 0.0910. The smallest absolute Gasteiger partial charge is 0.236 e. The fourth-order valence-electron chi connectivity index (χ4n) is 2.85. The summed E-state index contributed by atoms with van der Waals surface area (Å²) in [5, 5.41) is 0. The van der Waals surface area contributed by atoms with Crippen molar-refractivity contribution >= 4 is 5.91 Å². The van der Waals surface area contributed by atoms with Gasteiger partial charge in [-0.15, -0.1) is 0 Å². The van der Waals surface area contributed by atoms with Gasteiger partial charge in [-0.25, -0.2) is 0 Å². The molecule has 0 aromatic heterocycles. The lowest BCUT2D eigenvalue weighted by Crippen LogP contribution is -2.36. The van der Waals surface area contributed by atoms with Gasteiger partial charge in [-0.1, -0.05) is 36.4 Å². The van der Waals surface area contributed by atoms with Crippen molar-refractivity contribution in [3.05, 3.63) is 59.7 Å². The molecule has 1 heterocycles. The molecule has 0 aliphatic carbocycles. The van der Waals surface area contributed by atoms with Gasteiger partial charge in [0.1, 0.15) is 13.2 Å². The zero-order valence-electron chi connectivity index (χ0n) is 14.8. The van der Waals surface area contributed by atoms with E-state index in [-0.39, 0.29) is 5.91 Å². The number of hydrogen-bond acceptors (Lipinski definition) is 4. The van der Waals surface area contributed by atoms with E-state index in [4.69, 9.17) is 9.47 Å². The molecular formula is C20H24N2O3. The number of likely N-dealkylation sites (N-methyl/N-ethyl adjacent to an activating group) is 2. The highest BCUT2D eigenvalue weighted by Crippen LogP contribution is 2.31. The van der Waals surface area contributed by atoms with Crippen LogP contribution in [0.3, 0.4) is 0 Å². The number of ether oxygens (including phenoxy) is 2. The molecule has 0 radical (unpaired) electrons. The highest BCUT2D eigenvalue weighted by molar-refractivity contribution is 5.78. The Bertz CT molecular complexity index is 718. The number of fused-ring (bicyclic) bond motifs is 1. The monoisotopic (exact) mass is 340 g/mol. The number of carbonyl (C=O) groups excluding carboxylic acids is 1. The molecule has 0 atom stereocenters. The van der Waals surface area contributed by atoms with Crippen molar-refractivity contribution in [2.45, 2.75) is 13.1 Å². The molecule has 0 fully saturated rings. The first-order chi connectivity index (χ1) is 12.1. The van der Waals surface area contributed by atoms with Gasteiger partial charge < -0.3 is 14.4 Å². The fourth-order valence-corrected chi connectivity index (χ4v) is 2.85. The molecule has 3 rings (SSSR count). The molecule has 0 unspecified atom stereocenters. The maximum atomic E-state index is 12.5. The molecule has 5 nitrogen and oxygen atoms in total. The third-order valence-electron chi connectivity index (χ3n) is 4.15. The Kier molecular flexibility index (Phi) is 5.56. The number of hydrogen-bond donors (Lipinski definition) is 0. The molecule has 1 aliphatic rings. The Labute approximate surface area is 148 Å². The van der Waals surface area contributed by atoms with Gasteiger partial charge in [-0.3, -0.25) is 9.69 Å². The van der Waals surface area contributed by atoms with Crippen LogP contribution in [-0.2, 0) is 17.9 Å². The summed E-state index contributed by atoms with van der Waals surface area (Å²) in [4.78, 5) is 16.2. The Morgan fingerprint density at radius 1 is 0.920 bits per heavy atom. The van der Waals surface area contributed by atoms with Crippen molar-refractivity contribution in [3.8, 4) is 11.5 Å². The van der Waals surface area contributed by atoms with Crippen molar-refractivity contribution < 1.29 is 14.3 Å². The lowest BCUT2D eigenvalue weighted by molar-refractivity contribution is -0.131. The molecule has 0 bridgehead atoms. The van der Waals surface area contributed by atoms with E-state index in [2.05, 4.69) is 12.1 Å². The van der Waals surface area contributed by atoms with Crippen LogP contribution in [0.15, 0.2) is 48.5 Å². The second-order valence-corrected chi connectivity index (χ2v) is 6.39. The van der Waals surface area contributed by atoms with E-state index in [0.29, 0.717) is 26.3 Å². The molecule has 2 aromatic carbocycles. The summed E-state index contributed by atoms with van der Waals surface area (Å²) >= 11 is 0. The third-order valence-corrected chi connectivity index (χ3v) is 4.15. The topological polar surface area (TPSA) is 42.0 Å². The Morgan fingerprint density at radius 3 is 2.40 bits per heavy atom. The first kappa shape index (κ1) is 17.3. The average Bonchev–Trinajstić information content (AvgIpc) is 2.62. The first-order valence-corrected chi connectivity index (χ1v) is 8.47. The van der Waals surface area contributed by atoms with Crippen LogP contribution in [0.4, 0.5) is 0 Å². The largest absolute Gasteiger partial charge is 0.486 e.